The second-order valence-corrected chi connectivity index (χ2v) is 9.34. The van der Waals surface area contributed by atoms with Gasteiger partial charge in [-0.25, -0.2) is 23.1 Å². The average Bonchev–Trinajstić information content (AvgIpc) is 2.86. The molecular formula is C25H28BF3N4O3. The molecule has 11 heteroatoms. The molecule has 0 unspecified atom stereocenters. The van der Waals surface area contributed by atoms with Crippen LogP contribution in [0.4, 0.5) is 18.0 Å². The summed E-state index contributed by atoms with van der Waals surface area (Å²) in [4.78, 5) is 35.6. The molecule has 1 atom stereocenters. The van der Waals surface area contributed by atoms with Crippen LogP contribution in [0.3, 0.4) is 0 Å². The van der Waals surface area contributed by atoms with Crippen LogP contribution < -0.4 is 5.56 Å². The fourth-order valence-electron chi connectivity index (χ4n) is 5.09. The van der Waals surface area contributed by atoms with Gasteiger partial charge >= 0.3 is 0 Å². The fourth-order valence-corrected chi connectivity index (χ4v) is 5.09. The van der Waals surface area contributed by atoms with Crippen LogP contribution in [0.25, 0.3) is 11.0 Å². The van der Waals surface area contributed by atoms with Gasteiger partial charge in [0.2, 0.25) is 7.85 Å². The second kappa shape index (κ2) is 10.0. The monoisotopic (exact) mass is 500 g/mol. The van der Waals surface area contributed by atoms with E-state index in [9.17, 15) is 22.8 Å². The number of aromatic nitrogens is 3. The van der Waals surface area contributed by atoms with Gasteiger partial charge in [-0.15, -0.1) is 0 Å². The van der Waals surface area contributed by atoms with Crippen molar-refractivity contribution in [1.82, 2.24) is 19.4 Å². The van der Waals surface area contributed by atoms with E-state index in [0.29, 0.717) is 48.2 Å². The number of fused-ring (bicyclic) bond motifs is 1. The first-order valence-electron chi connectivity index (χ1n) is 11.8. The van der Waals surface area contributed by atoms with Crippen LogP contribution in [-0.2, 0) is 23.8 Å². The van der Waals surface area contributed by atoms with E-state index in [-0.39, 0.29) is 23.4 Å². The van der Waals surface area contributed by atoms with Crippen LogP contribution in [-0.4, -0.2) is 53.3 Å². The number of alkyl halides is 2. The predicted molar refractivity (Wildman–Crippen MR) is 132 cm³/mol. The van der Waals surface area contributed by atoms with Gasteiger partial charge in [0.15, 0.2) is 5.81 Å². The van der Waals surface area contributed by atoms with Gasteiger partial charge in [-0.05, 0) is 36.8 Å². The Bertz CT molecular complexity index is 1360. The van der Waals surface area contributed by atoms with Gasteiger partial charge in [0, 0.05) is 32.6 Å². The van der Waals surface area contributed by atoms with Crippen LogP contribution in [0.15, 0.2) is 35.4 Å². The van der Waals surface area contributed by atoms with Gasteiger partial charge in [0.1, 0.15) is 23.4 Å². The third-order valence-corrected chi connectivity index (χ3v) is 7.31. The summed E-state index contributed by atoms with van der Waals surface area (Å²) in [6.07, 6.45) is -0.413. The smallest absolute Gasteiger partial charge is 0.266 e. The van der Waals surface area contributed by atoms with Crippen molar-refractivity contribution in [2.24, 2.45) is 7.05 Å². The normalized spacial score (nSPS) is 16.5. The van der Waals surface area contributed by atoms with E-state index < -0.39 is 29.3 Å². The SMILES string of the molecule is BC(=O)N1CCC(OC)(c2cc3c(C[C@H](C)c4cccc(C(F)F)c4F)ncnc3n(C)c2=O)CC1. The number of methoxy groups -OCH3 is 1. The molecule has 1 aliphatic rings. The van der Waals surface area contributed by atoms with Gasteiger partial charge in [-0.1, -0.05) is 25.1 Å². The fraction of sp³-hybridized carbons (Fsp3) is 0.440. The maximum absolute atomic E-state index is 14.8. The minimum Gasteiger partial charge on any atom is -0.373 e. The molecule has 0 spiro atoms. The summed E-state index contributed by atoms with van der Waals surface area (Å²) in [5, 5.41) is 0.609. The summed E-state index contributed by atoms with van der Waals surface area (Å²) in [5.41, 5.74) is -0.170. The van der Waals surface area contributed by atoms with Crippen LogP contribution in [0.1, 0.15) is 54.5 Å². The van der Waals surface area contributed by atoms with E-state index in [4.69, 9.17) is 4.74 Å². The highest BCUT2D eigenvalue weighted by Crippen LogP contribution is 2.36. The van der Waals surface area contributed by atoms with Gasteiger partial charge in [0.25, 0.3) is 12.0 Å². The molecule has 1 saturated heterocycles. The van der Waals surface area contributed by atoms with Crippen LogP contribution in [0.5, 0.6) is 0 Å². The van der Waals surface area contributed by atoms with Crippen molar-refractivity contribution in [3.05, 3.63) is 69.1 Å². The maximum atomic E-state index is 14.8. The third kappa shape index (κ3) is 4.52. The number of benzene rings is 1. The zero-order valence-corrected chi connectivity index (χ0v) is 20.7. The molecule has 36 heavy (non-hydrogen) atoms. The summed E-state index contributed by atoms with van der Waals surface area (Å²) < 4.78 is 48.6. The molecule has 2 aromatic heterocycles. The van der Waals surface area contributed by atoms with Crippen LogP contribution >= 0.6 is 0 Å². The van der Waals surface area contributed by atoms with E-state index >= 15 is 0 Å². The van der Waals surface area contributed by atoms with Gasteiger partial charge < -0.3 is 9.64 Å². The molecule has 3 aromatic rings. The molecule has 1 aromatic carbocycles. The maximum Gasteiger partial charge on any atom is 0.266 e. The molecule has 0 radical (unpaired) electrons. The number of carbonyl (C=O) groups excluding carboxylic acids is 1. The minimum absolute atomic E-state index is 0.0288. The Kier molecular flexibility index (Phi) is 7.22. The second-order valence-electron chi connectivity index (χ2n) is 9.34. The van der Waals surface area contributed by atoms with Crippen molar-refractivity contribution in [2.45, 2.75) is 44.1 Å². The van der Waals surface area contributed by atoms with Crippen molar-refractivity contribution in [1.29, 1.82) is 0 Å². The van der Waals surface area contributed by atoms with Gasteiger partial charge in [-0.2, -0.15) is 0 Å². The third-order valence-electron chi connectivity index (χ3n) is 7.31. The van der Waals surface area contributed by atoms with Gasteiger partial charge in [-0.3, -0.25) is 14.2 Å². The summed E-state index contributed by atoms with van der Waals surface area (Å²) in [6, 6.07) is 5.74. The number of piperidine rings is 1. The number of ether oxygens (including phenoxy) is 1. The van der Waals surface area contributed by atoms with Crippen LogP contribution in [0.2, 0.25) is 0 Å². The number of amides is 1. The summed E-state index contributed by atoms with van der Waals surface area (Å²) in [6.45, 7) is 2.66. The van der Waals surface area contributed by atoms with E-state index in [1.165, 1.54) is 30.9 Å². The van der Waals surface area contributed by atoms with Crippen molar-refractivity contribution in [3.63, 3.8) is 0 Å². The largest absolute Gasteiger partial charge is 0.373 e. The lowest BCUT2D eigenvalue weighted by Crippen LogP contribution is -2.48. The molecular weight excluding hydrogens is 472 g/mol. The Morgan fingerprint density at radius 1 is 1.22 bits per heavy atom. The zero-order valence-electron chi connectivity index (χ0n) is 20.7. The number of rotatable bonds is 6. The number of carbonyl (C=O) groups is 1. The predicted octanol–water partition coefficient (Wildman–Crippen LogP) is 3.44. The lowest BCUT2D eigenvalue weighted by Gasteiger charge is -2.40. The Morgan fingerprint density at radius 2 is 1.89 bits per heavy atom. The summed E-state index contributed by atoms with van der Waals surface area (Å²) in [7, 11) is 4.68. The quantitative estimate of drug-likeness (QED) is 0.485. The van der Waals surface area contributed by atoms with E-state index in [1.807, 2.05) is 0 Å². The van der Waals surface area contributed by atoms with Crippen molar-refractivity contribution in [2.75, 3.05) is 20.2 Å². The van der Waals surface area contributed by atoms with Gasteiger partial charge in [0.05, 0.1) is 16.8 Å². The highest BCUT2D eigenvalue weighted by atomic mass is 19.3. The number of likely N-dealkylation sites (tertiary alicyclic amines) is 1. The number of halogens is 3. The zero-order chi connectivity index (χ0) is 26.2. The minimum atomic E-state index is -2.91. The Hall–Kier alpha value is -3.21. The molecule has 3 heterocycles. The van der Waals surface area contributed by atoms with Crippen molar-refractivity contribution < 1.29 is 22.7 Å². The number of hydrogen-bond acceptors (Lipinski definition) is 5. The molecule has 1 fully saturated rings. The first-order chi connectivity index (χ1) is 17.1. The molecule has 190 valence electrons. The number of nitrogens with zero attached hydrogens (tertiary/aromatic N) is 4. The van der Waals surface area contributed by atoms with E-state index in [1.54, 1.807) is 32.0 Å². The first-order valence-corrected chi connectivity index (χ1v) is 11.8. The molecule has 0 saturated carbocycles. The van der Waals surface area contributed by atoms with Crippen LogP contribution in [0, 0.1) is 5.82 Å². The standard InChI is InChI=1S/C25H28BF3N4O3/c1-14(15-5-4-6-16(20(15)27)21(28)29)11-19-17-12-18(23(34)32(2)22(17)31-13-30-19)25(36-3)7-9-33(10-8-25)24(26)35/h4-6,12-14,21H,7-11,26H2,1-3H3/t14-/m0/s1. The number of aryl methyl sites for hydroxylation is 1. The van der Waals surface area contributed by atoms with Crippen molar-refractivity contribution >= 4 is 24.7 Å². The highest BCUT2D eigenvalue weighted by molar-refractivity contribution is 6.56. The molecule has 7 nitrogen and oxygen atoms in total. The molecule has 0 aliphatic carbocycles. The number of pyridine rings is 1. The topological polar surface area (TPSA) is 77.3 Å². The molecule has 1 aliphatic heterocycles. The van der Waals surface area contributed by atoms with Crippen molar-refractivity contribution in [3.8, 4) is 0 Å². The number of hydrogen-bond donors (Lipinski definition) is 0. The molecule has 4 rings (SSSR count). The Labute approximate surface area is 207 Å². The lowest BCUT2D eigenvalue weighted by atomic mass is 9.83. The molecule has 0 N–H and O–H groups in total. The lowest BCUT2D eigenvalue weighted by molar-refractivity contribution is -0.0553. The van der Waals surface area contributed by atoms with E-state index in [0.717, 1.165) is 6.07 Å². The summed E-state index contributed by atoms with van der Waals surface area (Å²) in [5.74, 6) is -1.40. The highest BCUT2D eigenvalue weighted by Gasteiger charge is 2.39. The molecule has 1 amide bonds. The Balaban J connectivity index is 1.77. The average molecular weight is 500 g/mol. The Morgan fingerprint density at radius 3 is 2.50 bits per heavy atom. The first kappa shape index (κ1) is 25.9. The van der Waals surface area contributed by atoms with E-state index in [2.05, 4.69) is 9.97 Å². The summed E-state index contributed by atoms with van der Waals surface area (Å²) >= 11 is 0. The molecule has 0 bridgehead atoms.